The zero-order valence-corrected chi connectivity index (χ0v) is 9.76. The number of carboxylic acids is 1. The van der Waals surface area contributed by atoms with Crippen LogP contribution in [0.3, 0.4) is 0 Å². The molecule has 1 heterocycles. The third-order valence-electron chi connectivity index (χ3n) is 3.41. The summed E-state index contributed by atoms with van der Waals surface area (Å²) < 4.78 is 0. The minimum atomic E-state index is -0.924. The Morgan fingerprint density at radius 3 is 2.78 bits per heavy atom. The molecular weight excluding hydrogens is 236 g/mol. The van der Waals surface area contributed by atoms with Gasteiger partial charge in [-0.3, -0.25) is 14.9 Å². The standard InChI is InChI=1S/C12H14N2O4/c15-11(16)12(5-6-13-8-12)7-9-3-1-2-4-10(9)14(17)18/h1-4,13H,5-8H2,(H,15,16). The number of aliphatic carboxylic acids is 1. The number of rotatable bonds is 4. The molecule has 1 aromatic rings. The fraction of sp³-hybridized carbons (Fsp3) is 0.417. The Morgan fingerprint density at radius 1 is 1.50 bits per heavy atom. The second-order valence-electron chi connectivity index (χ2n) is 4.57. The van der Waals surface area contributed by atoms with E-state index in [1.165, 1.54) is 6.07 Å². The lowest BCUT2D eigenvalue weighted by Crippen LogP contribution is -2.35. The van der Waals surface area contributed by atoms with Gasteiger partial charge in [0.1, 0.15) is 0 Å². The summed E-state index contributed by atoms with van der Waals surface area (Å²) in [6.45, 7) is 0.987. The first-order chi connectivity index (χ1) is 8.55. The Hall–Kier alpha value is -1.95. The van der Waals surface area contributed by atoms with Crippen LogP contribution in [0.15, 0.2) is 24.3 Å². The van der Waals surface area contributed by atoms with Crippen molar-refractivity contribution in [2.75, 3.05) is 13.1 Å². The van der Waals surface area contributed by atoms with Crippen molar-refractivity contribution < 1.29 is 14.8 Å². The zero-order valence-electron chi connectivity index (χ0n) is 9.76. The van der Waals surface area contributed by atoms with Crippen molar-refractivity contribution in [3.8, 4) is 0 Å². The second-order valence-corrected chi connectivity index (χ2v) is 4.57. The van der Waals surface area contributed by atoms with E-state index in [1.54, 1.807) is 18.2 Å². The van der Waals surface area contributed by atoms with Gasteiger partial charge in [-0.1, -0.05) is 18.2 Å². The van der Waals surface area contributed by atoms with E-state index in [4.69, 9.17) is 0 Å². The molecule has 0 aromatic heterocycles. The molecule has 2 N–H and O–H groups in total. The highest BCUT2D eigenvalue weighted by Gasteiger charge is 2.42. The van der Waals surface area contributed by atoms with E-state index in [0.29, 0.717) is 25.1 Å². The Balaban J connectivity index is 2.33. The van der Waals surface area contributed by atoms with Crippen LogP contribution in [0, 0.1) is 15.5 Å². The number of nitrogens with one attached hydrogen (secondary N) is 1. The SMILES string of the molecule is O=C(O)C1(Cc2ccccc2[N+](=O)[O-])CCNC1. The van der Waals surface area contributed by atoms with Crippen molar-refractivity contribution >= 4 is 11.7 Å². The molecule has 1 aliphatic heterocycles. The van der Waals surface area contributed by atoms with Crippen LogP contribution in [-0.4, -0.2) is 29.1 Å². The van der Waals surface area contributed by atoms with Crippen molar-refractivity contribution in [2.24, 2.45) is 5.41 Å². The third kappa shape index (κ3) is 2.19. The van der Waals surface area contributed by atoms with Gasteiger partial charge in [0.2, 0.25) is 0 Å². The van der Waals surface area contributed by atoms with E-state index in [-0.39, 0.29) is 12.1 Å². The largest absolute Gasteiger partial charge is 0.481 e. The Labute approximate surface area is 104 Å². The molecule has 1 atom stereocenters. The number of para-hydroxylation sites is 1. The molecule has 96 valence electrons. The highest BCUT2D eigenvalue weighted by molar-refractivity contribution is 5.76. The lowest BCUT2D eigenvalue weighted by Gasteiger charge is -2.22. The Morgan fingerprint density at radius 2 is 2.22 bits per heavy atom. The normalized spacial score (nSPS) is 22.9. The molecule has 6 heteroatoms. The molecule has 0 spiro atoms. The molecule has 6 nitrogen and oxygen atoms in total. The molecular formula is C12H14N2O4. The van der Waals surface area contributed by atoms with Crippen molar-refractivity contribution in [1.29, 1.82) is 0 Å². The Kier molecular flexibility index (Phi) is 3.29. The minimum Gasteiger partial charge on any atom is -0.481 e. The van der Waals surface area contributed by atoms with Gasteiger partial charge in [-0.25, -0.2) is 0 Å². The number of carbonyl (C=O) groups is 1. The molecule has 0 bridgehead atoms. The summed E-state index contributed by atoms with van der Waals surface area (Å²) in [5.41, 5.74) is -0.454. The number of benzene rings is 1. The van der Waals surface area contributed by atoms with E-state index in [0.717, 1.165) is 0 Å². The molecule has 0 radical (unpaired) electrons. The summed E-state index contributed by atoms with van der Waals surface area (Å²) in [5, 5.41) is 23.3. The fourth-order valence-electron chi connectivity index (χ4n) is 2.36. The number of carboxylic acid groups (broad SMARTS) is 1. The van der Waals surface area contributed by atoms with Crippen LogP contribution >= 0.6 is 0 Å². The zero-order chi connectivity index (χ0) is 13.2. The summed E-state index contributed by atoms with van der Waals surface area (Å²) in [6.07, 6.45) is 0.681. The molecule has 1 aliphatic rings. The number of nitro benzene ring substituents is 1. The fourth-order valence-corrected chi connectivity index (χ4v) is 2.36. The van der Waals surface area contributed by atoms with Gasteiger partial charge < -0.3 is 10.4 Å². The van der Waals surface area contributed by atoms with Gasteiger partial charge in [-0.2, -0.15) is 0 Å². The summed E-state index contributed by atoms with van der Waals surface area (Å²) in [5.74, 6) is -0.898. The molecule has 0 saturated carbocycles. The summed E-state index contributed by atoms with van der Waals surface area (Å²) >= 11 is 0. The van der Waals surface area contributed by atoms with Gasteiger partial charge in [-0.15, -0.1) is 0 Å². The van der Waals surface area contributed by atoms with Crippen molar-refractivity contribution in [3.05, 3.63) is 39.9 Å². The van der Waals surface area contributed by atoms with Gasteiger partial charge in [-0.05, 0) is 19.4 Å². The maximum atomic E-state index is 11.4. The van der Waals surface area contributed by atoms with E-state index >= 15 is 0 Å². The number of hydrogen-bond donors (Lipinski definition) is 2. The number of nitrogens with zero attached hydrogens (tertiary/aromatic N) is 1. The van der Waals surface area contributed by atoms with Gasteiger partial charge in [0.25, 0.3) is 5.69 Å². The van der Waals surface area contributed by atoms with E-state index < -0.39 is 16.3 Å². The predicted molar refractivity (Wildman–Crippen MR) is 64.4 cm³/mol. The molecule has 1 fully saturated rings. The first kappa shape index (κ1) is 12.5. The van der Waals surface area contributed by atoms with Crippen LogP contribution in [0.2, 0.25) is 0 Å². The minimum absolute atomic E-state index is 0.00924. The van der Waals surface area contributed by atoms with Crippen molar-refractivity contribution in [1.82, 2.24) is 5.32 Å². The van der Waals surface area contributed by atoms with E-state index in [9.17, 15) is 20.0 Å². The van der Waals surface area contributed by atoms with Crippen LogP contribution in [0.4, 0.5) is 5.69 Å². The molecule has 0 aliphatic carbocycles. The molecule has 2 rings (SSSR count). The average molecular weight is 250 g/mol. The highest BCUT2D eigenvalue weighted by Crippen LogP contribution is 2.33. The topological polar surface area (TPSA) is 92.5 Å². The van der Waals surface area contributed by atoms with Crippen LogP contribution in [0.5, 0.6) is 0 Å². The molecule has 1 aromatic carbocycles. The summed E-state index contributed by atoms with van der Waals surface area (Å²) in [7, 11) is 0. The van der Waals surface area contributed by atoms with Gasteiger partial charge >= 0.3 is 5.97 Å². The van der Waals surface area contributed by atoms with Crippen molar-refractivity contribution in [3.63, 3.8) is 0 Å². The second kappa shape index (κ2) is 4.73. The van der Waals surface area contributed by atoms with Crippen LogP contribution in [0.1, 0.15) is 12.0 Å². The quantitative estimate of drug-likeness (QED) is 0.618. The van der Waals surface area contributed by atoms with Crippen LogP contribution in [0.25, 0.3) is 0 Å². The van der Waals surface area contributed by atoms with Gasteiger partial charge in [0.15, 0.2) is 0 Å². The average Bonchev–Trinajstić information content (AvgIpc) is 2.79. The van der Waals surface area contributed by atoms with Gasteiger partial charge in [0.05, 0.1) is 10.3 Å². The van der Waals surface area contributed by atoms with Crippen molar-refractivity contribution in [2.45, 2.75) is 12.8 Å². The molecule has 1 saturated heterocycles. The lowest BCUT2D eigenvalue weighted by atomic mass is 9.80. The monoisotopic (exact) mass is 250 g/mol. The van der Waals surface area contributed by atoms with Crippen LogP contribution in [-0.2, 0) is 11.2 Å². The maximum absolute atomic E-state index is 11.4. The Bertz CT molecular complexity index is 481. The molecule has 1 unspecified atom stereocenters. The summed E-state index contributed by atoms with van der Waals surface area (Å²) in [6, 6.07) is 6.32. The van der Waals surface area contributed by atoms with Crippen LogP contribution < -0.4 is 5.32 Å². The maximum Gasteiger partial charge on any atom is 0.311 e. The molecule has 0 amide bonds. The first-order valence-corrected chi connectivity index (χ1v) is 5.72. The third-order valence-corrected chi connectivity index (χ3v) is 3.41. The first-order valence-electron chi connectivity index (χ1n) is 5.72. The van der Waals surface area contributed by atoms with E-state index in [2.05, 4.69) is 5.32 Å². The van der Waals surface area contributed by atoms with E-state index in [1.807, 2.05) is 0 Å². The number of hydrogen-bond acceptors (Lipinski definition) is 4. The predicted octanol–water partition coefficient (Wildman–Crippen LogP) is 1.20. The number of nitro groups is 1. The summed E-state index contributed by atoms with van der Waals surface area (Å²) in [4.78, 5) is 21.8. The van der Waals surface area contributed by atoms with Gasteiger partial charge in [0, 0.05) is 18.2 Å². The highest BCUT2D eigenvalue weighted by atomic mass is 16.6. The smallest absolute Gasteiger partial charge is 0.311 e. The lowest BCUT2D eigenvalue weighted by molar-refractivity contribution is -0.385. The molecule has 18 heavy (non-hydrogen) atoms.